The van der Waals surface area contributed by atoms with Crippen molar-refractivity contribution in [3.8, 4) is 0 Å². The average molecular weight is 206 g/mol. The van der Waals surface area contributed by atoms with Crippen LogP contribution in [-0.2, 0) is 13.1 Å². The smallest absolute Gasteiger partial charge is 0.354 e. The van der Waals surface area contributed by atoms with Crippen molar-refractivity contribution in [3.63, 3.8) is 0 Å². The molecule has 6 heteroatoms. The monoisotopic (exact) mass is 206 g/mol. The number of carbonyl (C=O) groups is 1. The van der Waals surface area contributed by atoms with Crippen molar-refractivity contribution in [3.05, 3.63) is 36.4 Å². The molecule has 2 heterocycles. The lowest BCUT2D eigenvalue weighted by atomic mass is 10.4. The molecule has 0 saturated carbocycles. The van der Waals surface area contributed by atoms with E-state index in [4.69, 9.17) is 5.11 Å². The molecule has 0 bridgehead atoms. The summed E-state index contributed by atoms with van der Waals surface area (Å²) in [5.74, 6) is -0.965. The number of carboxylic acid groups (broad SMARTS) is 1. The Bertz CT molecular complexity index is 446. The summed E-state index contributed by atoms with van der Waals surface area (Å²) in [4.78, 5) is 10.8. The highest BCUT2D eigenvalue weighted by Crippen LogP contribution is 1.99. The molecule has 0 radical (unpaired) electrons. The third-order valence-corrected chi connectivity index (χ3v) is 2.04. The molecule has 15 heavy (non-hydrogen) atoms. The summed E-state index contributed by atoms with van der Waals surface area (Å²) in [6, 6.07) is 3.30. The summed E-state index contributed by atoms with van der Waals surface area (Å²) in [6.07, 6.45) is 4.98. The highest BCUT2D eigenvalue weighted by Gasteiger charge is 2.09. The Balaban J connectivity index is 2.05. The summed E-state index contributed by atoms with van der Waals surface area (Å²) in [5, 5.41) is 16.8. The second-order valence-corrected chi connectivity index (χ2v) is 3.01. The second-order valence-electron chi connectivity index (χ2n) is 3.01. The van der Waals surface area contributed by atoms with E-state index in [9.17, 15) is 4.79 Å². The zero-order valence-corrected chi connectivity index (χ0v) is 7.95. The molecule has 0 saturated heterocycles. The van der Waals surface area contributed by atoms with Crippen LogP contribution in [0.2, 0.25) is 0 Å². The predicted molar refractivity (Wildman–Crippen MR) is 51.4 cm³/mol. The minimum Gasteiger partial charge on any atom is -0.477 e. The first-order chi connectivity index (χ1) is 7.27. The molecule has 6 nitrogen and oxygen atoms in total. The Labute approximate surface area is 85.8 Å². The molecular weight excluding hydrogens is 196 g/mol. The molecule has 0 aliphatic carbocycles. The van der Waals surface area contributed by atoms with Crippen molar-refractivity contribution < 1.29 is 9.90 Å². The zero-order valence-electron chi connectivity index (χ0n) is 7.95. The minimum atomic E-state index is -0.965. The van der Waals surface area contributed by atoms with Crippen molar-refractivity contribution in [2.75, 3.05) is 0 Å². The van der Waals surface area contributed by atoms with Crippen LogP contribution < -0.4 is 0 Å². The van der Waals surface area contributed by atoms with Crippen LogP contribution in [0, 0.1) is 0 Å². The first-order valence-corrected chi connectivity index (χ1v) is 4.50. The van der Waals surface area contributed by atoms with Gasteiger partial charge in [-0.3, -0.25) is 9.36 Å². The zero-order chi connectivity index (χ0) is 10.7. The van der Waals surface area contributed by atoms with Crippen molar-refractivity contribution in [2.45, 2.75) is 13.1 Å². The van der Waals surface area contributed by atoms with Crippen molar-refractivity contribution in [1.82, 2.24) is 19.6 Å². The number of rotatable bonds is 4. The van der Waals surface area contributed by atoms with Crippen molar-refractivity contribution in [1.29, 1.82) is 0 Å². The van der Waals surface area contributed by atoms with Crippen molar-refractivity contribution >= 4 is 5.97 Å². The minimum absolute atomic E-state index is 0.196. The van der Waals surface area contributed by atoms with E-state index in [2.05, 4.69) is 10.2 Å². The molecule has 0 spiro atoms. The number of hydrogen-bond donors (Lipinski definition) is 1. The molecular formula is C9H10N4O2. The molecule has 0 aliphatic heterocycles. The van der Waals surface area contributed by atoms with E-state index in [0.29, 0.717) is 13.1 Å². The van der Waals surface area contributed by atoms with Gasteiger partial charge in [-0.15, -0.1) is 0 Å². The molecule has 0 aliphatic rings. The Morgan fingerprint density at radius 1 is 1.33 bits per heavy atom. The molecule has 0 unspecified atom stereocenters. The van der Waals surface area contributed by atoms with E-state index >= 15 is 0 Å². The van der Waals surface area contributed by atoms with Crippen LogP contribution in [0.5, 0.6) is 0 Å². The van der Waals surface area contributed by atoms with Gasteiger partial charge in [-0.1, -0.05) is 0 Å². The lowest BCUT2D eigenvalue weighted by molar-refractivity contribution is 0.0682. The molecule has 0 fully saturated rings. The van der Waals surface area contributed by atoms with E-state index in [1.54, 1.807) is 10.9 Å². The molecule has 0 aromatic carbocycles. The summed E-state index contributed by atoms with van der Waals surface area (Å²) in [6.45, 7) is 1.10. The van der Waals surface area contributed by atoms with E-state index in [-0.39, 0.29) is 5.69 Å². The molecule has 1 N–H and O–H groups in total. The number of nitrogens with zero attached hydrogens (tertiary/aromatic N) is 4. The van der Waals surface area contributed by atoms with Gasteiger partial charge in [-0.25, -0.2) is 4.79 Å². The first-order valence-electron chi connectivity index (χ1n) is 4.50. The number of hydrogen-bond acceptors (Lipinski definition) is 3. The molecule has 2 aromatic rings. The number of carboxylic acids is 1. The van der Waals surface area contributed by atoms with Gasteiger partial charge < -0.3 is 5.11 Å². The summed E-state index contributed by atoms with van der Waals surface area (Å²) in [7, 11) is 0. The van der Waals surface area contributed by atoms with Gasteiger partial charge in [0.15, 0.2) is 0 Å². The Morgan fingerprint density at radius 2 is 2.20 bits per heavy atom. The van der Waals surface area contributed by atoms with Gasteiger partial charge in [0, 0.05) is 18.6 Å². The third-order valence-electron chi connectivity index (χ3n) is 2.04. The molecule has 2 rings (SSSR count). The fraction of sp³-hybridized carbons (Fsp3) is 0.222. The number of aromatic carboxylic acids is 1. The van der Waals surface area contributed by atoms with Crippen LogP contribution in [0.15, 0.2) is 30.7 Å². The van der Waals surface area contributed by atoms with Crippen LogP contribution in [0.4, 0.5) is 0 Å². The summed E-state index contributed by atoms with van der Waals surface area (Å²) in [5.41, 5.74) is 0.196. The normalized spacial score (nSPS) is 10.4. The topological polar surface area (TPSA) is 72.9 Å². The van der Waals surface area contributed by atoms with E-state index in [0.717, 1.165) is 0 Å². The third kappa shape index (κ3) is 2.04. The van der Waals surface area contributed by atoms with Crippen LogP contribution in [0.1, 0.15) is 10.5 Å². The van der Waals surface area contributed by atoms with Gasteiger partial charge in [0.1, 0.15) is 5.69 Å². The Morgan fingerprint density at radius 3 is 2.87 bits per heavy atom. The molecule has 78 valence electrons. The highest BCUT2D eigenvalue weighted by molar-refractivity contribution is 5.85. The first kappa shape index (κ1) is 9.45. The van der Waals surface area contributed by atoms with E-state index < -0.39 is 5.97 Å². The van der Waals surface area contributed by atoms with Gasteiger partial charge in [-0.2, -0.15) is 10.2 Å². The highest BCUT2D eigenvalue weighted by atomic mass is 16.4. The predicted octanol–water partition coefficient (Wildman–Crippen LogP) is 0.478. The second kappa shape index (κ2) is 3.95. The van der Waals surface area contributed by atoms with E-state index in [1.807, 2.05) is 12.3 Å². The number of aryl methyl sites for hydroxylation is 2. The maximum Gasteiger partial charge on any atom is 0.354 e. The van der Waals surface area contributed by atoms with Gasteiger partial charge in [0.05, 0.1) is 13.1 Å². The van der Waals surface area contributed by atoms with E-state index in [1.165, 1.54) is 16.9 Å². The van der Waals surface area contributed by atoms with Gasteiger partial charge in [0.2, 0.25) is 0 Å². The van der Waals surface area contributed by atoms with Crippen LogP contribution >= 0.6 is 0 Å². The average Bonchev–Trinajstić information content (AvgIpc) is 2.86. The lowest BCUT2D eigenvalue weighted by Crippen LogP contribution is -2.14. The van der Waals surface area contributed by atoms with Gasteiger partial charge >= 0.3 is 5.97 Å². The van der Waals surface area contributed by atoms with Crippen LogP contribution in [-0.4, -0.2) is 30.6 Å². The quantitative estimate of drug-likeness (QED) is 0.789. The maximum atomic E-state index is 10.8. The maximum absolute atomic E-state index is 10.8. The summed E-state index contributed by atoms with van der Waals surface area (Å²) < 4.78 is 3.18. The fourth-order valence-electron chi connectivity index (χ4n) is 1.32. The largest absolute Gasteiger partial charge is 0.477 e. The Hall–Kier alpha value is -2.11. The lowest BCUT2D eigenvalue weighted by Gasteiger charge is -2.04. The van der Waals surface area contributed by atoms with Crippen LogP contribution in [0.3, 0.4) is 0 Å². The molecule has 2 aromatic heterocycles. The van der Waals surface area contributed by atoms with Gasteiger partial charge in [0.25, 0.3) is 0 Å². The van der Waals surface area contributed by atoms with Gasteiger partial charge in [-0.05, 0) is 12.1 Å². The molecule has 0 atom stereocenters. The molecule has 0 amide bonds. The standard InChI is InChI=1S/C9H10N4O2/c14-9(15)8-2-4-11-13(8)7-6-12-5-1-3-10-12/h1-5H,6-7H2,(H,14,15). The van der Waals surface area contributed by atoms with Crippen molar-refractivity contribution in [2.24, 2.45) is 0 Å². The number of aromatic nitrogens is 4. The fourth-order valence-corrected chi connectivity index (χ4v) is 1.32. The van der Waals surface area contributed by atoms with Crippen LogP contribution in [0.25, 0.3) is 0 Å². The SMILES string of the molecule is O=C(O)c1ccnn1CCn1cccn1. The Kier molecular flexibility index (Phi) is 2.49. The summed E-state index contributed by atoms with van der Waals surface area (Å²) >= 11 is 0.